The second kappa shape index (κ2) is 16.2. The number of carbonyl (C=O) groups is 2. The lowest BCUT2D eigenvalue weighted by atomic mass is 10.0. The van der Waals surface area contributed by atoms with Crippen molar-refractivity contribution in [1.82, 2.24) is 10.2 Å². The van der Waals surface area contributed by atoms with Gasteiger partial charge in [0, 0.05) is 29.6 Å². The highest BCUT2D eigenvalue weighted by Crippen LogP contribution is 2.31. The van der Waals surface area contributed by atoms with Crippen LogP contribution in [0.4, 0.5) is 5.69 Å². The number of anilines is 1. The normalized spacial score (nSPS) is 12.1. The molecule has 0 bridgehead atoms. The third-order valence-corrected chi connectivity index (χ3v) is 10.3. The summed E-state index contributed by atoms with van der Waals surface area (Å²) in [5.74, 6) is -0.864. The maximum atomic E-state index is 14.6. The van der Waals surface area contributed by atoms with Gasteiger partial charge in [0.05, 0.1) is 20.6 Å². The van der Waals surface area contributed by atoms with Crippen LogP contribution in [0.5, 0.6) is 0 Å². The number of nitrogens with one attached hydrogen (secondary N) is 1. The highest BCUT2D eigenvalue weighted by Gasteiger charge is 2.35. The zero-order valence-electron chi connectivity index (χ0n) is 26.1. The molecule has 47 heavy (non-hydrogen) atoms. The first-order chi connectivity index (χ1) is 22.2. The Hall–Kier alpha value is -3.27. The van der Waals surface area contributed by atoms with Gasteiger partial charge in [-0.3, -0.25) is 13.9 Å². The molecule has 0 aromatic heterocycles. The van der Waals surface area contributed by atoms with Gasteiger partial charge in [-0.25, -0.2) is 8.42 Å². The van der Waals surface area contributed by atoms with E-state index in [1.165, 1.54) is 35.2 Å². The Morgan fingerprint density at radius 3 is 2.02 bits per heavy atom. The highest BCUT2D eigenvalue weighted by atomic mass is 35.5. The van der Waals surface area contributed by atoms with Crippen molar-refractivity contribution in [2.75, 3.05) is 17.4 Å². The molecule has 0 fully saturated rings. The molecule has 0 heterocycles. The molecular weight excluding hydrogens is 700 g/mol. The maximum Gasteiger partial charge on any atom is 0.264 e. The van der Waals surface area contributed by atoms with Crippen LogP contribution in [0.25, 0.3) is 0 Å². The fourth-order valence-electron chi connectivity index (χ4n) is 4.86. The Kier molecular flexibility index (Phi) is 12.6. The molecule has 1 N–H and O–H groups in total. The Morgan fingerprint density at radius 2 is 1.43 bits per heavy atom. The summed E-state index contributed by atoms with van der Waals surface area (Å²) in [5, 5.41) is 3.94. The van der Waals surface area contributed by atoms with E-state index in [0.717, 1.165) is 15.4 Å². The van der Waals surface area contributed by atoms with Crippen molar-refractivity contribution in [2.24, 2.45) is 5.92 Å². The van der Waals surface area contributed by atoms with Crippen LogP contribution in [-0.2, 0) is 32.6 Å². The molecular formula is C35H35Cl4N3O4S. The predicted molar refractivity (Wildman–Crippen MR) is 191 cm³/mol. The lowest BCUT2D eigenvalue weighted by Gasteiger charge is -2.34. The number of rotatable bonds is 13. The lowest BCUT2D eigenvalue weighted by Crippen LogP contribution is -2.53. The Balaban J connectivity index is 1.84. The molecule has 4 aromatic carbocycles. The van der Waals surface area contributed by atoms with Gasteiger partial charge in [0.1, 0.15) is 12.6 Å². The molecule has 0 radical (unpaired) electrons. The Morgan fingerprint density at radius 1 is 0.787 bits per heavy atom. The summed E-state index contributed by atoms with van der Waals surface area (Å²) >= 11 is 25.1. The summed E-state index contributed by atoms with van der Waals surface area (Å²) in [7, 11) is -4.32. The molecule has 12 heteroatoms. The summed E-state index contributed by atoms with van der Waals surface area (Å²) in [4.78, 5) is 29.8. The molecule has 0 saturated carbocycles. The molecule has 248 valence electrons. The number of aryl methyl sites for hydroxylation is 1. The van der Waals surface area contributed by atoms with Gasteiger partial charge >= 0.3 is 0 Å². The number of hydrogen-bond acceptors (Lipinski definition) is 4. The van der Waals surface area contributed by atoms with Gasteiger partial charge in [-0.05, 0) is 66.4 Å². The fourth-order valence-corrected chi connectivity index (χ4v) is 7.09. The lowest BCUT2D eigenvalue weighted by molar-refractivity contribution is -0.140. The van der Waals surface area contributed by atoms with Crippen LogP contribution < -0.4 is 9.62 Å². The first-order valence-electron chi connectivity index (χ1n) is 14.8. The van der Waals surface area contributed by atoms with Crippen LogP contribution in [0.15, 0.2) is 95.9 Å². The first-order valence-corrected chi connectivity index (χ1v) is 17.8. The SMILES string of the molecule is Cc1ccc(S(=O)(=O)N(CC(=O)N(Cc2ccc(Cl)c(Cl)c2)C(Cc2ccccc2)C(=O)NCC(C)C)c2cc(Cl)cc(Cl)c2)cc1. The average Bonchev–Trinajstić information content (AvgIpc) is 3.02. The van der Waals surface area contributed by atoms with Crippen LogP contribution in [0.1, 0.15) is 30.5 Å². The van der Waals surface area contributed by atoms with Gasteiger partial charge < -0.3 is 10.2 Å². The van der Waals surface area contributed by atoms with Gasteiger partial charge in [0.15, 0.2) is 0 Å². The summed E-state index contributed by atoms with van der Waals surface area (Å²) in [6.07, 6.45) is 0.172. The molecule has 0 aliphatic rings. The number of amides is 2. The third-order valence-electron chi connectivity index (χ3n) is 7.32. The molecule has 7 nitrogen and oxygen atoms in total. The molecule has 0 aliphatic heterocycles. The predicted octanol–water partition coefficient (Wildman–Crippen LogP) is 8.22. The molecule has 1 unspecified atom stereocenters. The van der Waals surface area contributed by atoms with E-state index in [9.17, 15) is 18.0 Å². The maximum absolute atomic E-state index is 14.6. The number of sulfonamides is 1. The van der Waals surface area contributed by atoms with Gasteiger partial charge in [0.2, 0.25) is 11.8 Å². The topological polar surface area (TPSA) is 86.8 Å². The Labute approximate surface area is 296 Å². The summed E-state index contributed by atoms with van der Waals surface area (Å²) < 4.78 is 29.4. The number of benzene rings is 4. The van der Waals surface area contributed by atoms with Crippen molar-refractivity contribution in [2.45, 2.75) is 44.7 Å². The van der Waals surface area contributed by atoms with E-state index in [4.69, 9.17) is 46.4 Å². The van der Waals surface area contributed by atoms with E-state index in [-0.39, 0.29) is 50.4 Å². The van der Waals surface area contributed by atoms with Crippen molar-refractivity contribution >= 4 is 73.9 Å². The van der Waals surface area contributed by atoms with Crippen LogP contribution in [-0.4, -0.2) is 44.3 Å². The van der Waals surface area contributed by atoms with Crippen molar-refractivity contribution < 1.29 is 18.0 Å². The van der Waals surface area contributed by atoms with Gasteiger partial charge in [-0.1, -0.05) is 114 Å². The minimum Gasteiger partial charge on any atom is -0.354 e. The highest BCUT2D eigenvalue weighted by molar-refractivity contribution is 7.92. The molecule has 4 aromatic rings. The molecule has 4 rings (SSSR count). The molecule has 1 atom stereocenters. The van der Waals surface area contributed by atoms with Crippen molar-refractivity contribution in [3.63, 3.8) is 0 Å². The molecule has 0 aliphatic carbocycles. The van der Waals surface area contributed by atoms with E-state index in [2.05, 4.69) is 5.32 Å². The summed E-state index contributed by atoms with van der Waals surface area (Å²) in [6, 6.07) is 23.8. The monoisotopic (exact) mass is 733 g/mol. The zero-order valence-corrected chi connectivity index (χ0v) is 29.9. The van der Waals surface area contributed by atoms with Crippen LogP contribution in [0.2, 0.25) is 20.1 Å². The Bertz CT molecular complexity index is 1800. The van der Waals surface area contributed by atoms with Crippen LogP contribution in [0.3, 0.4) is 0 Å². The molecule has 0 spiro atoms. The fraction of sp³-hybridized carbons (Fsp3) is 0.257. The van der Waals surface area contributed by atoms with Crippen LogP contribution in [0, 0.1) is 12.8 Å². The summed E-state index contributed by atoms with van der Waals surface area (Å²) in [6.45, 7) is 5.44. The van der Waals surface area contributed by atoms with Gasteiger partial charge in [-0.15, -0.1) is 0 Å². The van der Waals surface area contributed by atoms with Crippen LogP contribution >= 0.6 is 46.4 Å². The second-order valence-electron chi connectivity index (χ2n) is 11.6. The summed E-state index contributed by atoms with van der Waals surface area (Å²) in [5.41, 5.74) is 2.37. The number of halogens is 4. The standard InChI is InChI=1S/C35H35Cl4N3O4S/c1-23(2)20-40-35(44)33(16-25-7-5-4-6-8-25)41(21-26-11-14-31(38)32(39)15-26)34(43)22-42(29-18-27(36)17-28(37)19-29)47(45,46)30-12-9-24(3)10-13-30/h4-15,17-19,23,33H,16,20-22H2,1-3H3,(H,40,44). The van der Waals surface area contributed by atoms with E-state index in [0.29, 0.717) is 17.1 Å². The van der Waals surface area contributed by atoms with Crippen molar-refractivity contribution in [3.05, 3.63) is 128 Å². The number of nitrogens with zero attached hydrogens (tertiary/aromatic N) is 2. The van der Waals surface area contributed by atoms with E-state index < -0.39 is 28.5 Å². The van der Waals surface area contributed by atoms with Crippen molar-refractivity contribution in [1.29, 1.82) is 0 Å². The van der Waals surface area contributed by atoms with Gasteiger partial charge in [0.25, 0.3) is 10.0 Å². The van der Waals surface area contributed by atoms with E-state index >= 15 is 0 Å². The van der Waals surface area contributed by atoms with Gasteiger partial charge in [-0.2, -0.15) is 0 Å². The number of hydrogen-bond donors (Lipinski definition) is 1. The van der Waals surface area contributed by atoms with Crippen molar-refractivity contribution in [3.8, 4) is 0 Å². The first kappa shape index (κ1) is 36.6. The second-order valence-corrected chi connectivity index (χ2v) is 15.1. The smallest absolute Gasteiger partial charge is 0.264 e. The number of carbonyl (C=O) groups excluding carboxylic acids is 2. The van der Waals surface area contributed by atoms with E-state index in [1.54, 1.807) is 30.3 Å². The average molecular weight is 736 g/mol. The zero-order chi connectivity index (χ0) is 34.3. The quantitative estimate of drug-likeness (QED) is 0.150. The largest absolute Gasteiger partial charge is 0.354 e. The minimum atomic E-state index is -4.32. The molecule has 0 saturated heterocycles. The van der Waals surface area contributed by atoms with E-state index in [1.807, 2.05) is 51.1 Å². The minimum absolute atomic E-state index is 0.0291. The third kappa shape index (κ3) is 9.87. The molecule has 2 amide bonds.